The van der Waals surface area contributed by atoms with Crippen LogP contribution in [-0.2, 0) is 14.9 Å². The lowest BCUT2D eigenvalue weighted by Gasteiger charge is -2.08. The van der Waals surface area contributed by atoms with E-state index in [9.17, 15) is 13.2 Å². The van der Waals surface area contributed by atoms with E-state index in [1.807, 2.05) is 0 Å². The van der Waals surface area contributed by atoms with Gasteiger partial charge >= 0.3 is 10.1 Å². The third-order valence-electron chi connectivity index (χ3n) is 2.40. The molecule has 2 rings (SSSR count). The molecule has 0 aliphatic heterocycles. The number of aromatic nitrogens is 1. The van der Waals surface area contributed by atoms with Crippen molar-refractivity contribution >= 4 is 33.3 Å². The molecule has 0 bridgehead atoms. The number of halogens is 1. The molecule has 0 unspecified atom stereocenters. The summed E-state index contributed by atoms with van der Waals surface area (Å²) in [5.74, 6) is -0.402. The Morgan fingerprint density at radius 3 is 2.52 bits per heavy atom. The fourth-order valence-corrected chi connectivity index (χ4v) is 2.88. The third-order valence-corrected chi connectivity index (χ3v) is 3.88. The first-order chi connectivity index (χ1) is 9.88. The average molecular weight is 328 g/mol. The summed E-state index contributed by atoms with van der Waals surface area (Å²) in [6, 6.07) is 9.03. The topological polar surface area (TPSA) is 76.3 Å². The van der Waals surface area contributed by atoms with Crippen LogP contribution in [-0.4, -0.2) is 14.3 Å². The predicted molar refractivity (Wildman–Crippen MR) is 76.2 cm³/mol. The SMILES string of the molecule is CC(=O)Nc1ccc(Cl)cc1S(=O)(=O)O[n+]1ccccc1. The van der Waals surface area contributed by atoms with Crippen LogP contribution in [0, 0.1) is 0 Å². The molecule has 2 aromatic rings. The van der Waals surface area contributed by atoms with Gasteiger partial charge in [0, 0.05) is 28.8 Å². The van der Waals surface area contributed by atoms with Crippen LogP contribution in [0.15, 0.2) is 53.7 Å². The lowest BCUT2D eigenvalue weighted by Crippen LogP contribution is -2.45. The minimum Gasteiger partial charge on any atom is -0.325 e. The number of rotatable bonds is 4. The molecule has 0 saturated carbocycles. The van der Waals surface area contributed by atoms with Gasteiger partial charge in [-0.1, -0.05) is 17.7 Å². The highest BCUT2D eigenvalue weighted by molar-refractivity contribution is 7.87. The Labute approximate surface area is 127 Å². The van der Waals surface area contributed by atoms with E-state index in [0.717, 1.165) is 4.73 Å². The lowest BCUT2D eigenvalue weighted by atomic mass is 10.3. The second-order valence-electron chi connectivity index (χ2n) is 4.09. The molecule has 0 atom stereocenters. The molecule has 0 aliphatic carbocycles. The summed E-state index contributed by atoms with van der Waals surface area (Å²) < 4.78 is 30.6. The van der Waals surface area contributed by atoms with Crippen LogP contribution in [0.4, 0.5) is 5.69 Å². The smallest absolute Gasteiger partial charge is 0.325 e. The Kier molecular flexibility index (Phi) is 4.44. The summed E-state index contributed by atoms with van der Waals surface area (Å²) >= 11 is 5.82. The van der Waals surface area contributed by atoms with Crippen LogP contribution in [0.3, 0.4) is 0 Å². The molecule has 1 aromatic heterocycles. The summed E-state index contributed by atoms with van der Waals surface area (Å²) in [6.07, 6.45) is 2.86. The highest BCUT2D eigenvalue weighted by Crippen LogP contribution is 2.25. The predicted octanol–water partition coefficient (Wildman–Crippen LogP) is 1.40. The molecule has 1 heterocycles. The normalized spacial score (nSPS) is 11.0. The fraction of sp³-hybridized carbons (Fsp3) is 0.0769. The van der Waals surface area contributed by atoms with Crippen molar-refractivity contribution in [2.45, 2.75) is 11.8 Å². The molecule has 0 aliphatic rings. The minimum atomic E-state index is -4.15. The number of pyridine rings is 1. The quantitative estimate of drug-likeness (QED) is 0.861. The average Bonchev–Trinajstić information content (AvgIpc) is 2.41. The number of carbonyl (C=O) groups is 1. The number of benzene rings is 1. The van der Waals surface area contributed by atoms with Gasteiger partial charge in [-0.15, -0.1) is 4.28 Å². The molecule has 1 aromatic carbocycles. The first-order valence-corrected chi connectivity index (χ1v) is 7.65. The largest absolute Gasteiger partial charge is 0.398 e. The van der Waals surface area contributed by atoms with Crippen LogP contribution >= 0.6 is 11.6 Å². The zero-order valence-electron chi connectivity index (χ0n) is 11.0. The number of nitrogens with zero attached hydrogens (tertiary/aromatic N) is 1. The Morgan fingerprint density at radius 1 is 1.24 bits per heavy atom. The zero-order valence-corrected chi connectivity index (χ0v) is 12.6. The van der Waals surface area contributed by atoms with Crippen molar-refractivity contribution in [2.75, 3.05) is 5.32 Å². The number of anilines is 1. The molecular weight excluding hydrogens is 316 g/mol. The molecule has 0 spiro atoms. The molecule has 1 amide bonds. The molecule has 0 saturated heterocycles. The summed E-state index contributed by atoms with van der Waals surface area (Å²) in [5.41, 5.74) is 0.100. The van der Waals surface area contributed by atoms with E-state index in [-0.39, 0.29) is 15.6 Å². The van der Waals surface area contributed by atoms with Crippen LogP contribution in [0.5, 0.6) is 0 Å². The van der Waals surface area contributed by atoms with Crippen molar-refractivity contribution < 1.29 is 22.2 Å². The highest BCUT2D eigenvalue weighted by Gasteiger charge is 2.26. The first-order valence-electron chi connectivity index (χ1n) is 5.87. The zero-order chi connectivity index (χ0) is 15.5. The summed E-state index contributed by atoms with van der Waals surface area (Å²) in [5, 5.41) is 2.64. The van der Waals surface area contributed by atoms with Crippen LogP contribution in [0.25, 0.3) is 0 Å². The first kappa shape index (κ1) is 15.3. The Hall–Kier alpha value is -2.12. The molecule has 1 N–H and O–H groups in total. The van der Waals surface area contributed by atoms with Gasteiger partial charge in [0.05, 0.1) is 5.69 Å². The van der Waals surface area contributed by atoms with Gasteiger partial charge in [0.15, 0.2) is 0 Å². The molecule has 0 radical (unpaired) electrons. The van der Waals surface area contributed by atoms with Gasteiger partial charge in [-0.2, -0.15) is 8.42 Å². The van der Waals surface area contributed by atoms with E-state index in [4.69, 9.17) is 15.9 Å². The number of hydrogen-bond donors (Lipinski definition) is 1. The number of amides is 1. The molecule has 0 fully saturated rings. The molecule has 110 valence electrons. The maximum Gasteiger partial charge on any atom is 0.398 e. The summed E-state index contributed by atoms with van der Waals surface area (Å²) in [4.78, 5) is 10.9. The standard InChI is InChI=1S/C13H11ClN2O4S/c1-10(17)15-12-6-5-11(14)9-13(12)21(18,19)20-16-7-3-2-4-8-16/h2-9H,1H3/p+1. The van der Waals surface area contributed by atoms with Gasteiger partial charge in [-0.3, -0.25) is 4.79 Å². The Morgan fingerprint density at radius 2 is 1.90 bits per heavy atom. The van der Waals surface area contributed by atoms with Crippen molar-refractivity contribution in [3.8, 4) is 0 Å². The van der Waals surface area contributed by atoms with Crippen molar-refractivity contribution in [3.05, 3.63) is 53.8 Å². The van der Waals surface area contributed by atoms with Gasteiger partial charge < -0.3 is 5.32 Å². The molecule has 21 heavy (non-hydrogen) atoms. The van der Waals surface area contributed by atoms with Gasteiger partial charge in [0.25, 0.3) is 0 Å². The van der Waals surface area contributed by atoms with Crippen molar-refractivity contribution in [2.24, 2.45) is 0 Å². The van der Waals surface area contributed by atoms with Gasteiger partial charge in [-0.05, 0) is 18.2 Å². The number of nitrogens with one attached hydrogen (secondary N) is 1. The van der Waals surface area contributed by atoms with Gasteiger partial charge in [0.1, 0.15) is 4.90 Å². The Bertz CT molecular complexity index is 763. The third kappa shape index (κ3) is 3.93. The summed E-state index contributed by atoms with van der Waals surface area (Å²) in [7, 11) is -4.15. The molecule has 8 heteroatoms. The lowest BCUT2D eigenvalue weighted by molar-refractivity contribution is -0.856. The maximum atomic E-state index is 12.3. The monoisotopic (exact) mass is 327 g/mol. The molecule has 6 nitrogen and oxygen atoms in total. The van der Waals surface area contributed by atoms with Crippen molar-refractivity contribution in [1.29, 1.82) is 0 Å². The van der Waals surface area contributed by atoms with Crippen LogP contribution in [0.1, 0.15) is 6.92 Å². The van der Waals surface area contributed by atoms with Crippen molar-refractivity contribution in [3.63, 3.8) is 0 Å². The van der Waals surface area contributed by atoms with Crippen LogP contribution in [0.2, 0.25) is 5.02 Å². The highest BCUT2D eigenvalue weighted by atomic mass is 35.5. The van der Waals surface area contributed by atoms with Gasteiger partial charge in [-0.25, -0.2) is 0 Å². The number of carbonyl (C=O) groups excluding carboxylic acids is 1. The second-order valence-corrected chi connectivity index (χ2v) is 6.02. The van der Waals surface area contributed by atoms with Crippen LogP contribution < -0.4 is 14.3 Å². The Balaban J connectivity index is 2.43. The minimum absolute atomic E-state index is 0.100. The number of hydrogen-bond acceptors (Lipinski definition) is 4. The summed E-state index contributed by atoms with van der Waals surface area (Å²) in [6.45, 7) is 1.28. The van der Waals surface area contributed by atoms with E-state index < -0.39 is 16.0 Å². The second kappa shape index (κ2) is 6.11. The van der Waals surface area contributed by atoms with E-state index in [1.165, 1.54) is 37.5 Å². The van der Waals surface area contributed by atoms with E-state index in [2.05, 4.69) is 5.32 Å². The molecular formula is C13H12ClN2O4S+. The maximum absolute atomic E-state index is 12.3. The van der Waals surface area contributed by atoms with Crippen molar-refractivity contribution in [1.82, 2.24) is 0 Å². The van der Waals surface area contributed by atoms with E-state index in [1.54, 1.807) is 18.2 Å². The van der Waals surface area contributed by atoms with E-state index >= 15 is 0 Å². The fourth-order valence-electron chi connectivity index (χ4n) is 1.58. The van der Waals surface area contributed by atoms with E-state index in [0.29, 0.717) is 0 Å². The van der Waals surface area contributed by atoms with Gasteiger partial charge in [0.2, 0.25) is 18.3 Å².